The van der Waals surface area contributed by atoms with Gasteiger partial charge in [-0.05, 0) is 12.5 Å². The summed E-state index contributed by atoms with van der Waals surface area (Å²) in [4.78, 5) is 14.0. The van der Waals surface area contributed by atoms with Crippen molar-refractivity contribution in [3.8, 4) is 0 Å². The number of nitrogen functional groups attached to an aromatic ring is 1. The summed E-state index contributed by atoms with van der Waals surface area (Å²) in [6, 6.07) is 2.76. The van der Waals surface area contributed by atoms with Gasteiger partial charge in [-0.3, -0.25) is 10.1 Å². The predicted octanol–water partition coefficient (Wildman–Crippen LogP) is 1.39. The number of nitrogens with one attached hydrogen (secondary N) is 1. The first kappa shape index (κ1) is 10.2. The van der Waals surface area contributed by atoms with Crippen molar-refractivity contribution >= 4 is 17.3 Å². The summed E-state index contributed by atoms with van der Waals surface area (Å²) in [5.74, 6) is 0.506. The maximum atomic E-state index is 10.6. The lowest BCUT2D eigenvalue weighted by Crippen LogP contribution is -2.06. The third kappa shape index (κ3) is 2.32. The maximum Gasteiger partial charge on any atom is 0.311 e. The van der Waals surface area contributed by atoms with Crippen LogP contribution in [0.4, 0.5) is 17.3 Å². The normalized spacial score (nSPS) is 9.79. The molecule has 0 aliphatic rings. The van der Waals surface area contributed by atoms with Crippen LogP contribution in [0.2, 0.25) is 0 Å². The molecule has 1 rings (SSSR count). The molecular weight excluding hydrogens is 184 g/mol. The third-order valence-corrected chi connectivity index (χ3v) is 1.63. The number of anilines is 2. The lowest BCUT2D eigenvalue weighted by molar-refractivity contribution is -0.384. The Hall–Kier alpha value is -1.85. The van der Waals surface area contributed by atoms with E-state index >= 15 is 0 Å². The summed E-state index contributed by atoms with van der Waals surface area (Å²) in [7, 11) is 0. The van der Waals surface area contributed by atoms with Crippen LogP contribution in [0.3, 0.4) is 0 Å². The maximum absolute atomic E-state index is 10.6. The number of hydrogen-bond donors (Lipinski definition) is 2. The molecule has 0 amide bonds. The Morgan fingerprint density at radius 1 is 1.64 bits per heavy atom. The van der Waals surface area contributed by atoms with E-state index in [1.807, 2.05) is 6.92 Å². The molecule has 1 heterocycles. The highest BCUT2D eigenvalue weighted by molar-refractivity contribution is 5.59. The van der Waals surface area contributed by atoms with Gasteiger partial charge in [0.2, 0.25) is 5.82 Å². The van der Waals surface area contributed by atoms with Gasteiger partial charge in [0.05, 0.1) is 4.92 Å². The fraction of sp³-hybridized carbons (Fsp3) is 0.375. The zero-order valence-corrected chi connectivity index (χ0v) is 7.86. The van der Waals surface area contributed by atoms with Crippen molar-refractivity contribution < 1.29 is 4.92 Å². The summed E-state index contributed by atoms with van der Waals surface area (Å²) in [5.41, 5.74) is 5.38. The van der Waals surface area contributed by atoms with Gasteiger partial charge >= 0.3 is 5.69 Å². The van der Waals surface area contributed by atoms with Gasteiger partial charge in [-0.15, -0.1) is 0 Å². The number of aromatic nitrogens is 1. The molecule has 0 aromatic carbocycles. The van der Waals surface area contributed by atoms with Gasteiger partial charge in [-0.1, -0.05) is 6.92 Å². The molecule has 0 spiro atoms. The van der Waals surface area contributed by atoms with Crippen molar-refractivity contribution in [1.29, 1.82) is 0 Å². The van der Waals surface area contributed by atoms with Crippen LogP contribution in [0.25, 0.3) is 0 Å². The average Bonchev–Trinajstić information content (AvgIpc) is 2.14. The molecule has 6 nitrogen and oxygen atoms in total. The van der Waals surface area contributed by atoms with E-state index in [1.54, 1.807) is 0 Å². The highest BCUT2D eigenvalue weighted by Crippen LogP contribution is 2.22. The molecule has 14 heavy (non-hydrogen) atoms. The van der Waals surface area contributed by atoms with E-state index in [4.69, 9.17) is 5.73 Å². The second-order valence-corrected chi connectivity index (χ2v) is 2.79. The standard InChI is InChI=1S/C8H12N4O2/c1-2-5-10-8-6(12(13)14)3-4-7(9)11-8/h3-4H,2,5H2,1H3,(H3,9,10,11). The first-order valence-electron chi connectivity index (χ1n) is 4.30. The zero-order chi connectivity index (χ0) is 10.6. The lowest BCUT2D eigenvalue weighted by atomic mass is 10.3. The Morgan fingerprint density at radius 2 is 2.36 bits per heavy atom. The molecule has 0 saturated heterocycles. The Balaban J connectivity index is 2.97. The Bertz CT molecular complexity index is 340. The molecule has 0 unspecified atom stereocenters. The summed E-state index contributed by atoms with van der Waals surface area (Å²) in [6.45, 7) is 2.60. The summed E-state index contributed by atoms with van der Waals surface area (Å²) in [6.07, 6.45) is 0.869. The molecule has 0 saturated carbocycles. The number of pyridine rings is 1. The van der Waals surface area contributed by atoms with E-state index in [0.29, 0.717) is 6.54 Å². The van der Waals surface area contributed by atoms with E-state index < -0.39 is 4.92 Å². The van der Waals surface area contributed by atoms with Crippen LogP contribution in [0.5, 0.6) is 0 Å². The number of nitrogens with zero attached hydrogens (tertiary/aromatic N) is 2. The lowest BCUT2D eigenvalue weighted by Gasteiger charge is -2.04. The number of nitro groups is 1. The van der Waals surface area contributed by atoms with E-state index in [2.05, 4.69) is 10.3 Å². The molecule has 6 heteroatoms. The Kier molecular flexibility index (Phi) is 3.22. The van der Waals surface area contributed by atoms with E-state index in [0.717, 1.165) is 6.42 Å². The fourth-order valence-corrected chi connectivity index (χ4v) is 0.988. The fourth-order valence-electron chi connectivity index (χ4n) is 0.988. The third-order valence-electron chi connectivity index (χ3n) is 1.63. The van der Waals surface area contributed by atoms with E-state index in [9.17, 15) is 10.1 Å². The van der Waals surface area contributed by atoms with Crippen LogP contribution in [0.1, 0.15) is 13.3 Å². The van der Waals surface area contributed by atoms with Crippen LogP contribution < -0.4 is 11.1 Å². The van der Waals surface area contributed by atoms with Gasteiger partial charge in [0.15, 0.2) is 0 Å². The first-order chi connectivity index (χ1) is 6.65. The molecule has 0 aliphatic carbocycles. The average molecular weight is 196 g/mol. The van der Waals surface area contributed by atoms with Gasteiger partial charge in [-0.25, -0.2) is 4.98 Å². The van der Waals surface area contributed by atoms with Gasteiger partial charge in [0.25, 0.3) is 0 Å². The monoisotopic (exact) mass is 196 g/mol. The van der Waals surface area contributed by atoms with Crippen molar-refractivity contribution in [2.45, 2.75) is 13.3 Å². The second-order valence-electron chi connectivity index (χ2n) is 2.79. The summed E-state index contributed by atoms with van der Waals surface area (Å²) >= 11 is 0. The number of rotatable bonds is 4. The zero-order valence-electron chi connectivity index (χ0n) is 7.86. The molecule has 0 atom stereocenters. The summed E-state index contributed by atoms with van der Waals surface area (Å²) in [5, 5.41) is 13.4. The van der Waals surface area contributed by atoms with Crippen LogP contribution in [-0.4, -0.2) is 16.5 Å². The minimum Gasteiger partial charge on any atom is -0.384 e. The Morgan fingerprint density at radius 3 is 2.93 bits per heavy atom. The molecule has 1 aromatic rings. The first-order valence-corrected chi connectivity index (χ1v) is 4.30. The minimum absolute atomic E-state index is 0.0485. The molecule has 0 bridgehead atoms. The van der Waals surface area contributed by atoms with Gasteiger partial charge in [0, 0.05) is 12.6 Å². The topological polar surface area (TPSA) is 94.1 Å². The molecule has 76 valence electrons. The van der Waals surface area contributed by atoms with Crippen molar-refractivity contribution in [3.63, 3.8) is 0 Å². The van der Waals surface area contributed by atoms with Crippen molar-refractivity contribution in [2.24, 2.45) is 0 Å². The van der Waals surface area contributed by atoms with Gasteiger partial charge in [-0.2, -0.15) is 0 Å². The molecular formula is C8H12N4O2. The van der Waals surface area contributed by atoms with E-state index in [1.165, 1.54) is 12.1 Å². The van der Waals surface area contributed by atoms with Crippen LogP contribution in [-0.2, 0) is 0 Å². The largest absolute Gasteiger partial charge is 0.384 e. The highest BCUT2D eigenvalue weighted by Gasteiger charge is 2.14. The van der Waals surface area contributed by atoms with Crippen LogP contribution in [0, 0.1) is 10.1 Å². The summed E-state index contributed by atoms with van der Waals surface area (Å²) < 4.78 is 0. The Labute approximate surface area is 81.3 Å². The molecule has 0 aliphatic heterocycles. The highest BCUT2D eigenvalue weighted by atomic mass is 16.6. The van der Waals surface area contributed by atoms with Crippen molar-refractivity contribution in [3.05, 3.63) is 22.2 Å². The minimum atomic E-state index is -0.482. The van der Waals surface area contributed by atoms with Gasteiger partial charge < -0.3 is 11.1 Å². The van der Waals surface area contributed by atoms with E-state index in [-0.39, 0.29) is 17.3 Å². The predicted molar refractivity (Wildman–Crippen MR) is 54.1 cm³/mol. The van der Waals surface area contributed by atoms with Crippen LogP contribution >= 0.6 is 0 Å². The molecule has 0 fully saturated rings. The van der Waals surface area contributed by atoms with Gasteiger partial charge in [0.1, 0.15) is 5.82 Å². The van der Waals surface area contributed by atoms with Crippen molar-refractivity contribution in [2.75, 3.05) is 17.6 Å². The second kappa shape index (κ2) is 4.40. The number of hydrogen-bond acceptors (Lipinski definition) is 5. The van der Waals surface area contributed by atoms with Crippen molar-refractivity contribution in [1.82, 2.24) is 4.98 Å². The van der Waals surface area contributed by atoms with Crippen LogP contribution in [0.15, 0.2) is 12.1 Å². The SMILES string of the molecule is CCCNc1nc(N)ccc1[N+](=O)[O-]. The molecule has 3 N–H and O–H groups in total. The molecule has 1 aromatic heterocycles. The molecule has 0 radical (unpaired) electrons. The number of nitrogens with two attached hydrogens (primary N) is 1. The smallest absolute Gasteiger partial charge is 0.311 e. The quantitative estimate of drug-likeness (QED) is 0.560.